The molecule has 0 aliphatic rings. The zero-order valence-corrected chi connectivity index (χ0v) is 18.8. The lowest BCUT2D eigenvalue weighted by molar-refractivity contribution is -0.135. The van der Waals surface area contributed by atoms with Gasteiger partial charge in [0.05, 0.1) is 22.2 Å². The highest BCUT2D eigenvalue weighted by Gasteiger charge is 2.13. The second-order valence-electron chi connectivity index (χ2n) is 8.35. The Bertz CT molecular complexity index is 1480. The zero-order valence-electron chi connectivity index (χ0n) is 18.8. The van der Waals surface area contributed by atoms with E-state index in [0.717, 1.165) is 51.6 Å². The summed E-state index contributed by atoms with van der Waals surface area (Å²) in [5.74, 6) is -0.259. The molecule has 0 saturated heterocycles. The monoisotopic (exact) mass is 448 g/mol. The van der Waals surface area contributed by atoms with Crippen molar-refractivity contribution in [2.45, 2.75) is 12.8 Å². The number of carbonyl (C=O) groups is 1. The Morgan fingerprint density at radius 3 is 2.41 bits per heavy atom. The van der Waals surface area contributed by atoms with Gasteiger partial charge >= 0.3 is 5.97 Å². The van der Waals surface area contributed by atoms with Gasteiger partial charge in [-0.2, -0.15) is 0 Å². The van der Waals surface area contributed by atoms with Crippen molar-refractivity contribution in [2.24, 2.45) is 0 Å². The van der Waals surface area contributed by atoms with E-state index < -0.39 is 5.97 Å². The van der Waals surface area contributed by atoms with Crippen LogP contribution in [0, 0.1) is 0 Å². The van der Waals surface area contributed by atoms with Crippen LogP contribution in [0.5, 0.6) is 0 Å². The third-order valence-electron chi connectivity index (χ3n) is 5.88. The summed E-state index contributed by atoms with van der Waals surface area (Å²) in [5.41, 5.74) is 6.90. The van der Waals surface area contributed by atoms with Gasteiger partial charge in [-0.25, -0.2) is 9.97 Å². The second kappa shape index (κ2) is 9.27. The number of nitrogens with zero attached hydrogens (tertiary/aromatic N) is 4. The topological polar surface area (TPSA) is 79.2 Å². The number of rotatable bonds is 7. The minimum Gasteiger partial charge on any atom is -0.480 e. The number of aromatic nitrogens is 3. The minimum atomic E-state index is -0.891. The number of hydrogen-bond acceptors (Lipinski definition) is 5. The molecule has 1 N–H and O–H groups in total. The highest BCUT2D eigenvalue weighted by Crippen LogP contribution is 2.32. The lowest BCUT2D eigenvalue weighted by Gasteiger charge is -2.18. The van der Waals surface area contributed by atoms with Crippen molar-refractivity contribution in [1.82, 2.24) is 15.0 Å². The Kier molecular flexibility index (Phi) is 5.87. The number of hydrogen-bond donors (Lipinski definition) is 1. The van der Waals surface area contributed by atoms with Gasteiger partial charge in [-0.1, -0.05) is 48.5 Å². The lowest BCUT2D eigenvalue weighted by atomic mass is 9.98. The summed E-state index contributed by atoms with van der Waals surface area (Å²) in [7, 11) is 1.75. The molecule has 0 fully saturated rings. The fourth-order valence-electron chi connectivity index (χ4n) is 4.14. The van der Waals surface area contributed by atoms with Crippen molar-refractivity contribution in [1.29, 1.82) is 0 Å². The molecule has 0 amide bonds. The zero-order chi connectivity index (χ0) is 23.5. The van der Waals surface area contributed by atoms with Gasteiger partial charge in [0.15, 0.2) is 0 Å². The van der Waals surface area contributed by atoms with Gasteiger partial charge in [0.2, 0.25) is 0 Å². The first-order chi connectivity index (χ1) is 16.6. The molecule has 2 aromatic heterocycles. The Hall–Kier alpha value is -4.32. The van der Waals surface area contributed by atoms with Crippen LogP contribution in [0.1, 0.15) is 11.3 Å². The molecule has 3 aromatic carbocycles. The van der Waals surface area contributed by atoms with E-state index in [0.29, 0.717) is 5.82 Å². The number of aliphatic carboxylic acids is 1. The number of carboxylic acid groups (broad SMARTS) is 1. The number of likely N-dealkylation sites (N-methyl/N-ethyl adjacent to an activating group) is 1. The fraction of sp³-hybridized carbons (Fsp3) is 0.143. The third-order valence-corrected chi connectivity index (χ3v) is 5.88. The average Bonchev–Trinajstić information content (AvgIpc) is 2.86. The molecule has 6 heteroatoms. The molecule has 168 valence electrons. The summed E-state index contributed by atoms with van der Waals surface area (Å²) in [6, 6.07) is 26.3. The molecule has 5 rings (SSSR count). The third kappa shape index (κ3) is 4.57. The van der Waals surface area contributed by atoms with E-state index in [-0.39, 0.29) is 6.54 Å². The smallest absolute Gasteiger partial charge is 0.323 e. The molecule has 0 spiro atoms. The van der Waals surface area contributed by atoms with Gasteiger partial charge in [-0.05, 0) is 59.9 Å². The average molecular weight is 449 g/mol. The Morgan fingerprint density at radius 1 is 0.853 bits per heavy atom. The Balaban J connectivity index is 1.49. The molecule has 0 unspecified atom stereocenters. The van der Waals surface area contributed by atoms with Crippen molar-refractivity contribution < 1.29 is 9.90 Å². The molecule has 0 aliphatic heterocycles. The van der Waals surface area contributed by atoms with Crippen LogP contribution < -0.4 is 4.90 Å². The number of anilines is 1. The van der Waals surface area contributed by atoms with E-state index in [4.69, 9.17) is 9.97 Å². The molecule has 6 nitrogen and oxygen atoms in total. The maximum atomic E-state index is 11.2. The molecule has 34 heavy (non-hydrogen) atoms. The highest BCUT2D eigenvalue weighted by molar-refractivity contribution is 5.96. The van der Waals surface area contributed by atoms with Crippen LogP contribution in [0.2, 0.25) is 0 Å². The van der Waals surface area contributed by atoms with E-state index in [1.807, 2.05) is 60.8 Å². The molecule has 5 aromatic rings. The second-order valence-corrected chi connectivity index (χ2v) is 8.35. The molecule has 0 radical (unpaired) electrons. The van der Waals surface area contributed by atoms with Gasteiger partial charge in [0.1, 0.15) is 12.4 Å². The number of para-hydroxylation sites is 2. The molecule has 0 bridgehead atoms. The van der Waals surface area contributed by atoms with Gasteiger partial charge in [-0.3, -0.25) is 9.78 Å². The largest absolute Gasteiger partial charge is 0.480 e. The predicted octanol–water partition coefficient (Wildman–Crippen LogP) is 5.15. The van der Waals surface area contributed by atoms with Crippen molar-refractivity contribution in [3.63, 3.8) is 0 Å². The summed E-state index contributed by atoms with van der Waals surface area (Å²) >= 11 is 0. The summed E-state index contributed by atoms with van der Waals surface area (Å²) in [6.45, 7) is -0.113. The first-order valence-corrected chi connectivity index (χ1v) is 11.2. The number of benzene rings is 3. The normalized spacial score (nSPS) is 11.1. The molecule has 2 heterocycles. The number of pyridine rings is 1. The summed E-state index contributed by atoms with van der Waals surface area (Å²) < 4.78 is 0. The van der Waals surface area contributed by atoms with Crippen LogP contribution in [0.4, 0.5) is 5.82 Å². The molecule has 0 saturated carbocycles. The van der Waals surface area contributed by atoms with Crippen molar-refractivity contribution in [2.75, 3.05) is 18.5 Å². The standard InChI is InChI=1S/C28H24N4O2/c1-32(18-28(33)34)27-16-22(20-7-3-2-4-8-20)23-15-19(12-14-24(23)31-27)11-13-21-17-29-25-9-5-6-10-26(25)30-21/h2-10,12,14-17H,11,13,18H2,1H3,(H,33,34). The summed E-state index contributed by atoms with van der Waals surface area (Å²) in [6.07, 6.45) is 3.47. The van der Waals surface area contributed by atoms with E-state index in [1.54, 1.807) is 11.9 Å². The van der Waals surface area contributed by atoms with Crippen LogP contribution >= 0.6 is 0 Å². The lowest BCUT2D eigenvalue weighted by Crippen LogP contribution is -2.26. The number of carboxylic acids is 1. The number of aryl methyl sites for hydroxylation is 2. The first kappa shape index (κ1) is 21.5. The first-order valence-electron chi connectivity index (χ1n) is 11.2. The molecule has 0 aliphatic carbocycles. The van der Waals surface area contributed by atoms with Crippen LogP contribution in [0.25, 0.3) is 33.1 Å². The van der Waals surface area contributed by atoms with E-state index in [2.05, 4.69) is 29.2 Å². The van der Waals surface area contributed by atoms with Crippen LogP contribution in [-0.4, -0.2) is 39.6 Å². The van der Waals surface area contributed by atoms with Gasteiger partial charge in [-0.15, -0.1) is 0 Å². The fourth-order valence-corrected chi connectivity index (χ4v) is 4.14. The van der Waals surface area contributed by atoms with Crippen molar-refractivity contribution in [3.8, 4) is 11.1 Å². The predicted molar refractivity (Wildman–Crippen MR) is 135 cm³/mol. The molecular formula is C28H24N4O2. The molecular weight excluding hydrogens is 424 g/mol. The van der Waals surface area contributed by atoms with Crippen LogP contribution in [0.3, 0.4) is 0 Å². The molecule has 0 atom stereocenters. The minimum absolute atomic E-state index is 0.113. The quantitative estimate of drug-likeness (QED) is 0.371. The van der Waals surface area contributed by atoms with Crippen molar-refractivity contribution >= 4 is 33.7 Å². The van der Waals surface area contributed by atoms with E-state index in [1.165, 1.54) is 5.56 Å². The SMILES string of the molecule is CN(CC(=O)O)c1cc(-c2ccccc2)c2cc(CCc3cnc4ccccc4n3)ccc2n1. The van der Waals surface area contributed by atoms with Crippen molar-refractivity contribution in [3.05, 3.63) is 96.3 Å². The Morgan fingerprint density at radius 2 is 1.62 bits per heavy atom. The summed E-state index contributed by atoms with van der Waals surface area (Å²) in [5, 5.41) is 10.3. The maximum absolute atomic E-state index is 11.2. The number of fused-ring (bicyclic) bond motifs is 2. The van der Waals surface area contributed by atoms with Gasteiger partial charge in [0.25, 0.3) is 0 Å². The van der Waals surface area contributed by atoms with E-state index >= 15 is 0 Å². The summed E-state index contributed by atoms with van der Waals surface area (Å²) in [4.78, 5) is 26.9. The van der Waals surface area contributed by atoms with Gasteiger partial charge in [0, 0.05) is 18.6 Å². The Labute approximate surface area is 197 Å². The van der Waals surface area contributed by atoms with E-state index in [9.17, 15) is 9.90 Å². The highest BCUT2D eigenvalue weighted by atomic mass is 16.4. The van der Waals surface area contributed by atoms with Crippen LogP contribution in [0.15, 0.2) is 85.1 Å². The van der Waals surface area contributed by atoms with Crippen LogP contribution in [-0.2, 0) is 17.6 Å². The maximum Gasteiger partial charge on any atom is 0.323 e. The van der Waals surface area contributed by atoms with Gasteiger partial charge < -0.3 is 10.0 Å².